The van der Waals surface area contributed by atoms with Crippen LogP contribution in [-0.2, 0) is 4.74 Å². The fraction of sp³-hybridized carbons (Fsp3) is 0.458. The van der Waals surface area contributed by atoms with Gasteiger partial charge in [-0.3, -0.25) is 4.99 Å². The molecule has 1 fully saturated rings. The van der Waals surface area contributed by atoms with E-state index in [2.05, 4.69) is 30.9 Å². The van der Waals surface area contributed by atoms with Gasteiger partial charge < -0.3 is 24.4 Å². The molecule has 162 valence electrons. The van der Waals surface area contributed by atoms with Gasteiger partial charge in [0.1, 0.15) is 30.6 Å². The zero-order valence-electron chi connectivity index (χ0n) is 18.3. The topological polar surface area (TPSA) is 58.7 Å². The van der Waals surface area contributed by atoms with Crippen LogP contribution in [0.1, 0.15) is 31.0 Å². The van der Waals surface area contributed by atoms with Crippen molar-refractivity contribution in [2.45, 2.75) is 19.9 Å². The van der Waals surface area contributed by atoms with E-state index < -0.39 is 0 Å². The average Bonchev–Trinajstić information content (AvgIpc) is 2.79. The van der Waals surface area contributed by atoms with E-state index >= 15 is 0 Å². The number of hydrogen-bond donors (Lipinski definition) is 2. The predicted octanol–water partition coefficient (Wildman–Crippen LogP) is 2.32. The Morgan fingerprint density at radius 3 is 2.43 bits per heavy atom. The first-order valence-corrected chi connectivity index (χ1v) is 10.8. The van der Waals surface area contributed by atoms with Crippen LogP contribution in [0.4, 0.5) is 5.69 Å². The predicted molar refractivity (Wildman–Crippen MR) is 121 cm³/mol. The summed E-state index contributed by atoms with van der Waals surface area (Å²) in [6.45, 7) is 10.2. The van der Waals surface area contributed by atoms with Crippen molar-refractivity contribution in [3.8, 4) is 11.5 Å². The molecule has 0 bridgehead atoms. The van der Waals surface area contributed by atoms with Crippen LogP contribution in [0.3, 0.4) is 0 Å². The van der Waals surface area contributed by atoms with Gasteiger partial charge in [0.15, 0.2) is 0 Å². The van der Waals surface area contributed by atoms with Crippen molar-refractivity contribution in [2.75, 3.05) is 57.9 Å². The maximum atomic E-state index is 10.5. The Balaban J connectivity index is 1.75. The van der Waals surface area contributed by atoms with Crippen LogP contribution in [0, 0.1) is 0 Å². The Kier molecular flexibility index (Phi) is 8.11. The van der Waals surface area contributed by atoms with E-state index in [1.807, 2.05) is 30.3 Å². The quantitative estimate of drug-likeness (QED) is 0.621. The zero-order valence-corrected chi connectivity index (χ0v) is 18.3. The number of hydrogen-bond acceptors (Lipinski definition) is 5. The molecule has 0 saturated carbocycles. The molecule has 1 atom stereocenters. The fourth-order valence-electron chi connectivity index (χ4n) is 3.97. The highest BCUT2D eigenvalue weighted by molar-refractivity contribution is 5.84. The molecule has 1 heterocycles. The molecule has 0 spiro atoms. The molecule has 0 amide bonds. The smallest absolute Gasteiger partial charge is 0.133 e. The molecule has 0 aromatic heterocycles. The third-order valence-corrected chi connectivity index (χ3v) is 5.81. The van der Waals surface area contributed by atoms with E-state index in [0.717, 1.165) is 56.4 Å². The second kappa shape index (κ2) is 11.0. The first kappa shape index (κ1) is 22.1. The minimum Gasteiger partial charge on any atom is -0.507 e. The average molecular weight is 413 g/mol. The summed E-state index contributed by atoms with van der Waals surface area (Å²) >= 11 is 0. The number of aliphatic imine (C=N–C) groups is 1. The van der Waals surface area contributed by atoms with Gasteiger partial charge in [-0.15, -0.1) is 0 Å². The normalized spacial score (nSPS) is 16.0. The highest BCUT2D eigenvalue weighted by Crippen LogP contribution is 2.24. The summed E-state index contributed by atoms with van der Waals surface area (Å²) in [5.74, 6) is 1.12. The van der Waals surface area contributed by atoms with Crippen molar-refractivity contribution in [3.63, 3.8) is 0 Å². The van der Waals surface area contributed by atoms with Gasteiger partial charge in [-0.05, 0) is 50.2 Å². The summed E-state index contributed by atoms with van der Waals surface area (Å²) in [6, 6.07) is 14.3. The molecule has 0 radical (unpaired) electrons. The van der Waals surface area contributed by atoms with Crippen LogP contribution in [0.5, 0.6) is 11.5 Å². The van der Waals surface area contributed by atoms with Crippen LogP contribution >= 0.6 is 0 Å². The van der Waals surface area contributed by atoms with Gasteiger partial charge in [-0.25, -0.2) is 0 Å². The molecule has 1 aliphatic rings. The number of quaternary nitrogens is 1. The van der Waals surface area contributed by atoms with Gasteiger partial charge in [0, 0.05) is 42.2 Å². The first-order chi connectivity index (χ1) is 14.7. The second-order valence-corrected chi connectivity index (χ2v) is 7.51. The highest BCUT2D eigenvalue weighted by Gasteiger charge is 2.26. The van der Waals surface area contributed by atoms with Gasteiger partial charge in [0.05, 0.1) is 26.9 Å². The molecule has 6 nitrogen and oxygen atoms in total. The first-order valence-electron chi connectivity index (χ1n) is 10.8. The summed E-state index contributed by atoms with van der Waals surface area (Å²) in [4.78, 5) is 8.41. The van der Waals surface area contributed by atoms with E-state index in [-0.39, 0.29) is 11.8 Å². The molecule has 0 aliphatic carbocycles. The minimum absolute atomic E-state index is 0.244. The van der Waals surface area contributed by atoms with E-state index in [4.69, 9.17) is 14.5 Å². The van der Waals surface area contributed by atoms with Crippen molar-refractivity contribution >= 4 is 11.9 Å². The summed E-state index contributed by atoms with van der Waals surface area (Å²) in [5.41, 5.74) is 3.02. The second-order valence-electron chi connectivity index (χ2n) is 7.51. The van der Waals surface area contributed by atoms with Crippen LogP contribution in [0.2, 0.25) is 0 Å². The third kappa shape index (κ3) is 5.52. The lowest BCUT2D eigenvalue weighted by Gasteiger charge is -2.31. The largest absolute Gasteiger partial charge is 0.507 e. The number of methoxy groups -OCH3 is 1. The molecular weight excluding hydrogens is 378 g/mol. The number of ether oxygens (including phenoxy) is 2. The number of anilines is 1. The molecule has 2 N–H and O–H groups in total. The Bertz CT molecular complexity index is 813. The van der Waals surface area contributed by atoms with E-state index in [1.54, 1.807) is 13.3 Å². The standard InChI is InChI=1S/C24H33N3O3/c1-4-26(5-2)21-9-6-20(24(28)16-21)17-25-18-23(27-12-14-30-15-13-27)19-7-10-22(29-3)11-8-19/h6-11,16-17,23,28H,4-5,12-15,18H2,1-3H3/p+1/t23-/m1/s1. The molecule has 1 saturated heterocycles. The number of phenolic OH excluding ortho intramolecular Hbond substituents is 1. The minimum atomic E-state index is 0.244. The van der Waals surface area contributed by atoms with Crippen molar-refractivity contribution < 1.29 is 19.5 Å². The van der Waals surface area contributed by atoms with E-state index in [1.165, 1.54) is 10.5 Å². The number of rotatable bonds is 9. The molecule has 2 aromatic carbocycles. The molecule has 3 rings (SSSR count). The Hall–Kier alpha value is -2.57. The number of nitrogens with one attached hydrogen (secondary N) is 1. The lowest BCUT2D eigenvalue weighted by Crippen LogP contribution is -3.14. The summed E-state index contributed by atoms with van der Waals surface area (Å²) < 4.78 is 10.8. The van der Waals surface area contributed by atoms with Gasteiger partial charge in [-0.2, -0.15) is 0 Å². The van der Waals surface area contributed by atoms with Gasteiger partial charge >= 0.3 is 0 Å². The number of aromatic hydroxyl groups is 1. The summed E-state index contributed by atoms with van der Waals surface area (Å²) in [6.07, 6.45) is 1.79. The van der Waals surface area contributed by atoms with Gasteiger partial charge in [0.2, 0.25) is 0 Å². The van der Waals surface area contributed by atoms with Crippen molar-refractivity contribution in [2.24, 2.45) is 4.99 Å². The summed E-state index contributed by atoms with van der Waals surface area (Å²) in [5, 5.41) is 10.5. The molecular formula is C24H34N3O3+. The number of nitrogens with zero attached hydrogens (tertiary/aromatic N) is 2. The Morgan fingerprint density at radius 2 is 1.83 bits per heavy atom. The van der Waals surface area contributed by atoms with Crippen LogP contribution < -0.4 is 14.5 Å². The lowest BCUT2D eigenvalue weighted by molar-refractivity contribution is -0.937. The SMILES string of the molecule is CCN(CC)c1ccc(C=NC[C@H](c2ccc(OC)cc2)[NH+]2CCOCC2)c(O)c1. The third-order valence-electron chi connectivity index (χ3n) is 5.81. The van der Waals surface area contributed by atoms with Crippen LogP contribution in [-0.4, -0.2) is 64.4 Å². The number of benzene rings is 2. The van der Waals surface area contributed by atoms with Gasteiger partial charge in [0.25, 0.3) is 0 Å². The van der Waals surface area contributed by atoms with E-state index in [0.29, 0.717) is 6.54 Å². The van der Waals surface area contributed by atoms with E-state index in [9.17, 15) is 5.11 Å². The van der Waals surface area contributed by atoms with Crippen molar-refractivity contribution in [1.82, 2.24) is 0 Å². The highest BCUT2D eigenvalue weighted by atomic mass is 16.5. The molecule has 2 aromatic rings. The van der Waals surface area contributed by atoms with Crippen molar-refractivity contribution in [1.29, 1.82) is 0 Å². The molecule has 30 heavy (non-hydrogen) atoms. The fourth-order valence-corrected chi connectivity index (χ4v) is 3.97. The maximum Gasteiger partial charge on any atom is 0.133 e. The molecule has 1 aliphatic heterocycles. The van der Waals surface area contributed by atoms with Crippen molar-refractivity contribution in [3.05, 3.63) is 53.6 Å². The van der Waals surface area contributed by atoms with Crippen LogP contribution in [0.25, 0.3) is 0 Å². The Labute approximate surface area is 179 Å². The van der Waals surface area contributed by atoms with Crippen LogP contribution in [0.15, 0.2) is 47.5 Å². The number of morpholine rings is 1. The zero-order chi connectivity index (χ0) is 21.3. The Morgan fingerprint density at radius 1 is 1.13 bits per heavy atom. The molecule has 0 unspecified atom stereocenters. The van der Waals surface area contributed by atoms with Gasteiger partial charge in [-0.1, -0.05) is 0 Å². The lowest BCUT2D eigenvalue weighted by atomic mass is 10.0. The number of phenols is 1. The summed E-state index contributed by atoms with van der Waals surface area (Å²) in [7, 11) is 1.68. The monoisotopic (exact) mass is 412 g/mol. The molecule has 6 heteroatoms. The maximum absolute atomic E-state index is 10.5.